The largest absolute Gasteiger partial charge is 0.507 e. The summed E-state index contributed by atoms with van der Waals surface area (Å²) in [7, 11) is -3.84. The van der Waals surface area contributed by atoms with Crippen LogP contribution in [-0.2, 0) is 10.0 Å². The van der Waals surface area contributed by atoms with Crippen LogP contribution in [-0.4, -0.2) is 42.7 Å². The van der Waals surface area contributed by atoms with Gasteiger partial charge in [0.1, 0.15) is 11.3 Å². The number of benzene rings is 1. The quantitative estimate of drug-likeness (QED) is 0.703. The van der Waals surface area contributed by atoms with Gasteiger partial charge in [-0.15, -0.1) is 0 Å². The van der Waals surface area contributed by atoms with Gasteiger partial charge in [-0.3, -0.25) is 0 Å². The van der Waals surface area contributed by atoms with Gasteiger partial charge in [0, 0.05) is 11.8 Å². The van der Waals surface area contributed by atoms with Gasteiger partial charge in [-0.2, -0.15) is 11.8 Å². The van der Waals surface area contributed by atoms with E-state index in [-0.39, 0.29) is 10.9 Å². The van der Waals surface area contributed by atoms with E-state index in [9.17, 15) is 18.3 Å². The second-order valence-electron chi connectivity index (χ2n) is 4.62. The molecule has 0 bridgehead atoms. The van der Waals surface area contributed by atoms with Crippen molar-refractivity contribution in [3.8, 4) is 5.75 Å². The monoisotopic (exact) mass is 333 g/mol. The maximum atomic E-state index is 12.4. The van der Waals surface area contributed by atoms with Gasteiger partial charge in [-0.05, 0) is 37.3 Å². The molecule has 1 unspecified atom stereocenters. The average molecular weight is 333 g/mol. The maximum Gasteiger partial charge on any atom is 0.339 e. The Hall–Kier alpha value is -1.25. The van der Waals surface area contributed by atoms with E-state index in [0.717, 1.165) is 12.1 Å². The lowest BCUT2D eigenvalue weighted by Crippen LogP contribution is -2.36. The summed E-state index contributed by atoms with van der Waals surface area (Å²) >= 11 is 1.52. The summed E-state index contributed by atoms with van der Waals surface area (Å²) in [5, 5.41) is 18.5. The van der Waals surface area contributed by atoms with Gasteiger partial charge >= 0.3 is 5.97 Å². The lowest BCUT2D eigenvalue weighted by molar-refractivity contribution is 0.0693. The number of thioether (sulfide) groups is 1. The number of aromatic carboxylic acids is 1. The molecule has 1 aromatic rings. The highest BCUT2D eigenvalue weighted by Crippen LogP contribution is 2.25. The second kappa shape index (κ2) is 7.15. The SMILES string of the molecule is CCC(CSC)NS(=O)(=O)c1cc(C(=O)O)c(O)cc1C. The van der Waals surface area contributed by atoms with Gasteiger partial charge in [-0.1, -0.05) is 6.92 Å². The molecule has 0 aliphatic heterocycles. The minimum atomic E-state index is -3.84. The van der Waals surface area contributed by atoms with Crippen molar-refractivity contribution in [2.45, 2.75) is 31.2 Å². The van der Waals surface area contributed by atoms with E-state index in [1.54, 1.807) is 0 Å². The fourth-order valence-electron chi connectivity index (χ4n) is 1.85. The smallest absolute Gasteiger partial charge is 0.339 e. The molecule has 118 valence electrons. The van der Waals surface area contributed by atoms with Crippen molar-refractivity contribution in [2.75, 3.05) is 12.0 Å². The van der Waals surface area contributed by atoms with Crippen LogP contribution in [0.2, 0.25) is 0 Å². The molecule has 0 fully saturated rings. The van der Waals surface area contributed by atoms with Crippen molar-refractivity contribution >= 4 is 27.8 Å². The molecule has 0 saturated heterocycles. The van der Waals surface area contributed by atoms with E-state index < -0.39 is 27.3 Å². The topological polar surface area (TPSA) is 104 Å². The van der Waals surface area contributed by atoms with E-state index in [0.29, 0.717) is 17.7 Å². The fourth-order valence-corrected chi connectivity index (χ4v) is 4.25. The predicted molar refractivity (Wildman–Crippen MR) is 82.6 cm³/mol. The van der Waals surface area contributed by atoms with E-state index >= 15 is 0 Å². The third-order valence-corrected chi connectivity index (χ3v) is 5.39. The fraction of sp³-hybridized carbons (Fsp3) is 0.462. The molecule has 1 aromatic carbocycles. The standard InChI is InChI=1S/C13H19NO5S2/c1-4-9(7-20-3)14-21(18,19)12-6-10(13(16)17)11(15)5-8(12)2/h5-6,9,14-15H,4,7H2,1-3H3,(H,16,17). The number of nitrogens with one attached hydrogen (secondary N) is 1. The Morgan fingerprint density at radius 3 is 2.52 bits per heavy atom. The average Bonchev–Trinajstić information content (AvgIpc) is 2.37. The minimum absolute atomic E-state index is 0.128. The molecule has 0 amide bonds. The maximum absolute atomic E-state index is 12.4. The van der Waals surface area contributed by atoms with Crippen molar-refractivity contribution in [2.24, 2.45) is 0 Å². The first kappa shape index (κ1) is 17.8. The number of carbonyl (C=O) groups is 1. The first-order chi connectivity index (χ1) is 9.72. The molecule has 0 aromatic heterocycles. The number of hydrogen-bond donors (Lipinski definition) is 3. The zero-order chi connectivity index (χ0) is 16.2. The van der Waals surface area contributed by atoms with Crippen LogP contribution in [0.15, 0.2) is 17.0 Å². The molecule has 0 heterocycles. The van der Waals surface area contributed by atoms with Crippen molar-refractivity contribution in [1.29, 1.82) is 0 Å². The summed E-state index contributed by atoms with van der Waals surface area (Å²) in [6.45, 7) is 3.38. The molecule has 0 radical (unpaired) electrons. The Kier molecular flexibility index (Phi) is 6.06. The van der Waals surface area contributed by atoms with E-state index in [1.165, 1.54) is 18.7 Å². The van der Waals surface area contributed by atoms with Crippen LogP contribution in [0.3, 0.4) is 0 Å². The van der Waals surface area contributed by atoms with Crippen molar-refractivity contribution < 1.29 is 23.4 Å². The Morgan fingerprint density at radius 1 is 1.43 bits per heavy atom. The van der Waals surface area contributed by atoms with E-state index in [1.807, 2.05) is 13.2 Å². The van der Waals surface area contributed by atoms with Crippen molar-refractivity contribution in [1.82, 2.24) is 4.72 Å². The highest BCUT2D eigenvalue weighted by molar-refractivity contribution is 7.98. The molecule has 21 heavy (non-hydrogen) atoms. The third-order valence-electron chi connectivity index (χ3n) is 3.00. The zero-order valence-corrected chi connectivity index (χ0v) is 13.7. The first-order valence-corrected chi connectivity index (χ1v) is 9.18. The molecule has 1 atom stereocenters. The van der Waals surface area contributed by atoms with Gasteiger partial charge in [0.05, 0.1) is 4.90 Å². The lowest BCUT2D eigenvalue weighted by Gasteiger charge is -2.17. The van der Waals surface area contributed by atoms with Crippen LogP contribution < -0.4 is 4.72 Å². The number of phenols is 1. The van der Waals surface area contributed by atoms with Crippen LogP contribution >= 0.6 is 11.8 Å². The zero-order valence-electron chi connectivity index (χ0n) is 12.1. The highest BCUT2D eigenvalue weighted by atomic mass is 32.2. The van der Waals surface area contributed by atoms with Gasteiger partial charge in [0.2, 0.25) is 10.0 Å². The Bertz CT molecular complexity index is 628. The number of hydrogen-bond acceptors (Lipinski definition) is 5. The van der Waals surface area contributed by atoms with Gasteiger partial charge < -0.3 is 10.2 Å². The summed E-state index contributed by atoms with van der Waals surface area (Å²) in [4.78, 5) is 10.9. The van der Waals surface area contributed by atoms with Crippen LogP contribution in [0.4, 0.5) is 0 Å². The molecule has 3 N–H and O–H groups in total. The van der Waals surface area contributed by atoms with Crippen molar-refractivity contribution in [3.05, 3.63) is 23.3 Å². The second-order valence-corrected chi connectivity index (χ2v) is 7.21. The summed E-state index contributed by atoms with van der Waals surface area (Å²) in [6, 6.07) is 1.90. The predicted octanol–water partition coefficient (Wildman–Crippen LogP) is 1.82. The number of rotatable bonds is 7. The molecule has 0 spiro atoms. The molecule has 1 rings (SSSR count). The third kappa shape index (κ3) is 4.36. The van der Waals surface area contributed by atoms with Gasteiger partial charge in [0.15, 0.2) is 0 Å². The normalized spacial score (nSPS) is 13.1. The summed E-state index contributed by atoms with van der Waals surface area (Å²) < 4.78 is 27.3. The molecule has 0 aliphatic carbocycles. The number of sulfonamides is 1. The number of carboxylic acid groups (broad SMARTS) is 1. The van der Waals surface area contributed by atoms with E-state index in [4.69, 9.17) is 5.11 Å². The van der Waals surface area contributed by atoms with Gasteiger partial charge in [-0.25, -0.2) is 17.9 Å². The van der Waals surface area contributed by atoms with Crippen LogP contribution in [0.5, 0.6) is 5.75 Å². The molecule has 6 nitrogen and oxygen atoms in total. The van der Waals surface area contributed by atoms with E-state index in [2.05, 4.69) is 4.72 Å². The Morgan fingerprint density at radius 2 is 2.05 bits per heavy atom. The molecular weight excluding hydrogens is 314 g/mol. The molecule has 0 saturated carbocycles. The number of aryl methyl sites for hydroxylation is 1. The van der Waals surface area contributed by atoms with Crippen LogP contribution in [0.1, 0.15) is 29.3 Å². The summed E-state index contributed by atoms with van der Waals surface area (Å²) in [5.74, 6) is -1.20. The number of aromatic hydroxyl groups is 1. The molecule has 8 heteroatoms. The summed E-state index contributed by atoms with van der Waals surface area (Å²) in [6.07, 6.45) is 2.51. The van der Waals surface area contributed by atoms with Gasteiger partial charge in [0.25, 0.3) is 0 Å². The highest BCUT2D eigenvalue weighted by Gasteiger charge is 2.24. The molecular formula is C13H19NO5S2. The van der Waals surface area contributed by atoms with Crippen molar-refractivity contribution in [3.63, 3.8) is 0 Å². The summed E-state index contributed by atoms with van der Waals surface area (Å²) in [5.41, 5.74) is -0.136. The first-order valence-electron chi connectivity index (χ1n) is 6.31. The van der Waals surface area contributed by atoms with Crippen LogP contribution in [0.25, 0.3) is 0 Å². The number of carboxylic acids is 1. The minimum Gasteiger partial charge on any atom is -0.507 e. The lowest BCUT2D eigenvalue weighted by atomic mass is 10.1. The molecule has 0 aliphatic rings. The van der Waals surface area contributed by atoms with Crippen LogP contribution in [0, 0.1) is 6.92 Å². The Labute approximate surface area is 128 Å². The Balaban J connectivity index is 3.25.